The molecular weight excluding hydrogens is 657 g/mol. The van der Waals surface area contributed by atoms with E-state index in [1.807, 2.05) is 55.5 Å². The van der Waals surface area contributed by atoms with Crippen molar-refractivity contribution in [3.63, 3.8) is 0 Å². The second kappa shape index (κ2) is 14.2. The lowest BCUT2D eigenvalue weighted by atomic mass is 10.0. The number of carbonyl (C=O) groups is 4. The largest absolute Gasteiger partial charge is 0.457 e. The van der Waals surface area contributed by atoms with Crippen LogP contribution in [0.2, 0.25) is 0 Å². The molecular formula is C37H40N6O6S. The lowest BCUT2D eigenvalue weighted by Crippen LogP contribution is -2.49. The third-order valence-electron chi connectivity index (χ3n) is 8.25. The number of urea groups is 1. The lowest BCUT2D eigenvalue weighted by Gasteiger charge is -2.33. The molecule has 2 aromatic carbocycles. The Kier molecular flexibility index (Phi) is 9.78. The van der Waals surface area contributed by atoms with E-state index < -0.39 is 17.7 Å². The van der Waals surface area contributed by atoms with Gasteiger partial charge < -0.3 is 29.9 Å². The number of rotatable bonds is 8. The quantitative estimate of drug-likeness (QED) is 0.186. The number of hydrogen-bond donors (Lipinski definition) is 2. The summed E-state index contributed by atoms with van der Waals surface area (Å²) in [5, 5.41) is 6.72. The Labute approximate surface area is 294 Å². The number of ether oxygens (including phenoxy) is 2. The lowest BCUT2D eigenvalue weighted by molar-refractivity contribution is -0.127. The maximum atomic E-state index is 13.7. The summed E-state index contributed by atoms with van der Waals surface area (Å²) in [5.74, 6) is 0.823. The van der Waals surface area contributed by atoms with Crippen LogP contribution in [0.1, 0.15) is 48.8 Å². The molecule has 5 amide bonds. The fourth-order valence-electron chi connectivity index (χ4n) is 5.93. The molecule has 4 heterocycles. The second-order valence-corrected chi connectivity index (χ2v) is 14.3. The Balaban J connectivity index is 1.14. The number of amides is 5. The van der Waals surface area contributed by atoms with Crippen LogP contribution in [0.3, 0.4) is 0 Å². The highest BCUT2D eigenvalue weighted by atomic mass is 32.1. The Hall–Kier alpha value is -5.43. The summed E-state index contributed by atoms with van der Waals surface area (Å²) in [4.78, 5) is 62.7. The van der Waals surface area contributed by atoms with Gasteiger partial charge in [0, 0.05) is 45.0 Å². The van der Waals surface area contributed by atoms with Gasteiger partial charge in [0.25, 0.3) is 5.91 Å². The van der Waals surface area contributed by atoms with Crippen LogP contribution in [-0.2, 0) is 9.53 Å². The molecule has 0 saturated carbocycles. The minimum atomic E-state index is -0.609. The van der Waals surface area contributed by atoms with Crippen molar-refractivity contribution < 1.29 is 28.7 Å². The first-order valence-electron chi connectivity index (χ1n) is 16.4. The zero-order valence-corrected chi connectivity index (χ0v) is 29.5. The van der Waals surface area contributed by atoms with E-state index in [0.717, 1.165) is 5.56 Å². The van der Waals surface area contributed by atoms with Gasteiger partial charge in [-0.3, -0.25) is 14.5 Å². The van der Waals surface area contributed by atoms with E-state index in [1.165, 1.54) is 22.3 Å². The van der Waals surface area contributed by atoms with Crippen molar-refractivity contribution in [2.24, 2.45) is 0 Å². The monoisotopic (exact) mass is 696 g/mol. The van der Waals surface area contributed by atoms with Crippen LogP contribution in [0, 0.1) is 6.92 Å². The third-order valence-corrected chi connectivity index (χ3v) is 9.35. The van der Waals surface area contributed by atoms with Gasteiger partial charge in [-0.25, -0.2) is 14.6 Å². The van der Waals surface area contributed by atoms with Crippen molar-refractivity contribution in [2.45, 2.75) is 52.2 Å². The van der Waals surface area contributed by atoms with Gasteiger partial charge in [-0.1, -0.05) is 24.3 Å². The summed E-state index contributed by atoms with van der Waals surface area (Å²) < 4.78 is 11.3. The molecule has 6 rings (SSSR count). The number of nitrogens with zero attached hydrogens (tertiary/aromatic N) is 4. The number of anilines is 3. The van der Waals surface area contributed by atoms with Gasteiger partial charge in [0.2, 0.25) is 5.91 Å². The molecule has 2 N–H and O–H groups in total. The normalized spacial score (nSPS) is 15.9. The molecule has 0 bridgehead atoms. The van der Waals surface area contributed by atoms with E-state index in [0.29, 0.717) is 69.6 Å². The molecule has 1 fully saturated rings. The summed E-state index contributed by atoms with van der Waals surface area (Å²) in [5.41, 5.74) is 1.95. The molecule has 13 heteroatoms. The smallest absolute Gasteiger partial charge is 0.410 e. The summed E-state index contributed by atoms with van der Waals surface area (Å²) in [6.45, 7) is 8.41. The molecule has 260 valence electrons. The van der Waals surface area contributed by atoms with Crippen molar-refractivity contribution in [1.29, 1.82) is 0 Å². The van der Waals surface area contributed by atoms with Gasteiger partial charge in [0.15, 0.2) is 0 Å². The molecule has 0 radical (unpaired) electrons. The number of likely N-dealkylation sites (tertiary alicyclic amines) is 1. The number of hydrogen-bond acceptors (Lipinski definition) is 8. The first-order valence-corrected chi connectivity index (χ1v) is 17.3. The van der Waals surface area contributed by atoms with E-state index in [-0.39, 0.29) is 24.4 Å². The van der Waals surface area contributed by atoms with Gasteiger partial charge in [0.05, 0.1) is 22.4 Å². The van der Waals surface area contributed by atoms with Crippen LogP contribution in [0.15, 0.2) is 72.9 Å². The third kappa shape index (κ3) is 7.57. The molecule has 2 aliphatic heterocycles. The van der Waals surface area contributed by atoms with Crippen molar-refractivity contribution in [3.8, 4) is 11.5 Å². The van der Waals surface area contributed by atoms with Crippen molar-refractivity contribution in [1.82, 2.24) is 20.1 Å². The highest BCUT2D eigenvalue weighted by Gasteiger charge is 2.34. The Morgan fingerprint density at radius 3 is 2.62 bits per heavy atom. The van der Waals surface area contributed by atoms with Crippen molar-refractivity contribution in [3.05, 3.63) is 83.4 Å². The first-order chi connectivity index (χ1) is 23.9. The number of piperidine rings is 1. The molecule has 0 aliphatic carbocycles. The molecule has 1 saturated heterocycles. The van der Waals surface area contributed by atoms with E-state index in [9.17, 15) is 19.2 Å². The summed E-state index contributed by atoms with van der Waals surface area (Å²) >= 11 is 1.21. The predicted octanol–water partition coefficient (Wildman–Crippen LogP) is 7.22. The van der Waals surface area contributed by atoms with Crippen LogP contribution in [0.25, 0.3) is 10.2 Å². The highest BCUT2D eigenvalue weighted by molar-refractivity contribution is 7.21. The van der Waals surface area contributed by atoms with E-state index in [4.69, 9.17) is 9.47 Å². The second-order valence-electron chi connectivity index (χ2n) is 13.3. The summed E-state index contributed by atoms with van der Waals surface area (Å²) in [6, 6.07) is 16.1. The Bertz CT molecular complexity index is 1970. The molecule has 12 nitrogen and oxygen atoms in total. The standard InChI is InChI=1S/C37H40N6O6S/c1-23-21-26(48-25-12-7-6-8-13-25)15-16-27(23)43-28-17-18-38-34-30(28)31(40-35(43)46)32(50-34)33(45)39-24-11-9-20-42(22-24)29(44)14-10-19-41(5)36(47)49-37(2,3)4/h6-8,10,12-18,21,24H,9,11,19-20,22H2,1-5H3,(H,39,45)(H,40,46). The highest BCUT2D eigenvalue weighted by Crippen LogP contribution is 2.46. The zero-order valence-electron chi connectivity index (χ0n) is 28.7. The number of thiophene rings is 1. The van der Waals surface area contributed by atoms with Crippen LogP contribution in [0.4, 0.5) is 26.7 Å². The fourth-order valence-corrected chi connectivity index (χ4v) is 6.95. The van der Waals surface area contributed by atoms with Crippen LogP contribution >= 0.6 is 11.3 Å². The first kappa shape index (κ1) is 34.4. The van der Waals surface area contributed by atoms with Crippen LogP contribution in [0.5, 0.6) is 11.5 Å². The molecule has 50 heavy (non-hydrogen) atoms. The van der Waals surface area contributed by atoms with Crippen molar-refractivity contribution in [2.75, 3.05) is 36.9 Å². The number of benzene rings is 2. The van der Waals surface area contributed by atoms with E-state index in [2.05, 4.69) is 15.6 Å². The molecule has 0 spiro atoms. The minimum Gasteiger partial charge on any atom is -0.457 e. The van der Waals surface area contributed by atoms with Gasteiger partial charge >= 0.3 is 12.1 Å². The minimum absolute atomic E-state index is 0.199. The summed E-state index contributed by atoms with van der Waals surface area (Å²) in [7, 11) is 1.61. The molecule has 1 unspecified atom stereocenters. The number of aromatic nitrogens is 1. The number of carbonyl (C=O) groups excluding carboxylic acids is 4. The van der Waals surface area contributed by atoms with E-state index in [1.54, 1.807) is 56.0 Å². The summed E-state index contributed by atoms with van der Waals surface area (Å²) in [6.07, 6.45) is 5.65. The molecule has 2 aromatic heterocycles. The van der Waals surface area contributed by atoms with E-state index >= 15 is 0 Å². The number of pyridine rings is 1. The topological polar surface area (TPSA) is 133 Å². The predicted molar refractivity (Wildman–Crippen MR) is 194 cm³/mol. The van der Waals surface area contributed by atoms with Crippen molar-refractivity contribution >= 4 is 62.6 Å². The van der Waals surface area contributed by atoms with Crippen LogP contribution < -0.4 is 20.3 Å². The molecule has 1 atom stereocenters. The number of likely N-dealkylation sites (N-methyl/N-ethyl adjacent to an activating group) is 1. The molecule has 4 aromatic rings. The zero-order chi connectivity index (χ0) is 35.6. The van der Waals surface area contributed by atoms with Gasteiger partial charge in [-0.2, -0.15) is 0 Å². The Morgan fingerprint density at radius 1 is 1.10 bits per heavy atom. The number of nitrogens with one attached hydrogen (secondary N) is 2. The maximum Gasteiger partial charge on any atom is 0.410 e. The van der Waals surface area contributed by atoms with Gasteiger partial charge in [-0.15, -0.1) is 11.3 Å². The number of para-hydroxylation sites is 1. The average molecular weight is 697 g/mol. The van der Waals surface area contributed by atoms with Gasteiger partial charge in [0.1, 0.15) is 26.8 Å². The average Bonchev–Trinajstić information content (AvgIpc) is 3.44. The van der Waals surface area contributed by atoms with Crippen LogP contribution in [-0.4, -0.2) is 77.0 Å². The number of aryl methyl sites for hydroxylation is 1. The van der Waals surface area contributed by atoms with Gasteiger partial charge in [-0.05, 0) is 82.5 Å². The maximum absolute atomic E-state index is 13.7. The SMILES string of the molecule is Cc1cc(Oc2ccccc2)ccc1N1C(=O)Nc2c(C(=O)NC3CCCN(C(=O)C=CCN(C)C(=O)OC(C)(C)C)C3)sc3nccc1c23. The fraction of sp³-hybridized carbons (Fsp3) is 0.324. The Morgan fingerprint density at radius 2 is 1.88 bits per heavy atom. The molecule has 2 aliphatic rings.